The highest BCUT2D eigenvalue weighted by Gasteiger charge is 2.22. The summed E-state index contributed by atoms with van der Waals surface area (Å²) in [7, 11) is 0. The van der Waals surface area contributed by atoms with Crippen molar-refractivity contribution >= 4 is 39.3 Å². The van der Waals surface area contributed by atoms with Crippen molar-refractivity contribution in [2.45, 2.75) is 25.3 Å². The molecule has 0 unspecified atom stereocenters. The van der Waals surface area contributed by atoms with Crippen LogP contribution in [-0.4, -0.2) is 45.8 Å². The van der Waals surface area contributed by atoms with Gasteiger partial charge < -0.3 is 19.5 Å². The molecule has 4 aromatic rings. The van der Waals surface area contributed by atoms with E-state index >= 15 is 0 Å². The van der Waals surface area contributed by atoms with E-state index in [1.165, 1.54) is 30.2 Å². The van der Waals surface area contributed by atoms with Gasteiger partial charge in [-0.05, 0) is 37.5 Å². The molecule has 1 aromatic carbocycles. The number of nitrogens with one attached hydrogen (secondary N) is 1. The van der Waals surface area contributed by atoms with Gasteiger partial charge in [0.2, 0.25) is 5.95 Å². The summed E-state index contributed by atoms with van der Waals surface area (Å²) in [6, 6.07) is 11.1. The number of nitrogens with zero attached hydrogens (tertiary/aromatic N) is 5. The Balaban J connectivity index is 1.31. The Hall–Kier alpha value is -3.19. The second-order valence-electron chi connectivity index (χ2n) is 8.07. The van der Waals surface area contributed by atoms with Crippen molar-refractivity contribution in [3.8, 4) is 0 Å². The highest BCUT2D eigenvalue weighted by atomic mass is 16.5. The van der Waals surface area contributed by atoms with Crippen molar-refractivity contribution < 1.29 is 4.74 Å². The van der Waals surface area contributed by atoms with Gasteiger partial charge in [0.25, 0.3) is 0 Å². The summed E-state index contributed by atoms with van der Waals surface area (Å²) in [5.74, 6) is 1.32. The minimum absolute atomic E-state index is 0.572. The van der Waals surface area contributed by atoms with Crippen molar-refractivity contribution in [2.24, 2.45) is 0 Å². The Morgan fingerprint density at radius 1 is 0.933 bits per heavy atom. The predicted octanol–water partition coefficient (Wildman–Crippen LogP) is 4.28. The lowest BCUT2D eigenvalue weighted by Crippen LogP contribution is -2.36. The van der Waals surface area contributed by atoms with Gasteiger partial charge in [-0.3, -0.25) is 0 Å². The average molecular weight is 400 g/mol. The van der Waals surface area contributed by atoms with E-state index in [9.17, 15) is 0 Å². The highest BCUT2D eigenvalue weighted by Crippen LogP contribution is 2.36. The van der Waals surface area contributed by atoms with Gasteiger partial charge in [-0.25, -0.2) is 15.0 Å². The molecule has 0 bridgehead atoms. The first-order valence-corrected chi connectivity index (χ1v) is 10.7. The summed E-state index contributed by atoms with van der Waals surface area (Å²) < 4.78 is 7.82. The van der Waals surface area contributed by atoms with Crippen molar-refractivity contribution in [3.05, 3.63) is 48.9 Å². The Morgan fingerprint density at radius 3 is 2.57 bits per heavy atom. The maximum absolute atomic E-state index is 5.42. The number of hydrogen-bond acceptors (Lipinski definition) is 6. The number of benzene rings is 1. The third kappa shape index (κ3) is 3.06. The van der Waals surface area contributed by atoms with Crippen LogP contribution in [0, 0.1) is 0 Å². The van der Waals surface area contributed by atoms with Crippen LogP contribution >= 0.6 is 0 Å². The van der Waals surface area contributed by atoms with Gasteiger partial charge >= 0.3 is 0 Å². The molecule has 1 aliphatic heterocycles. The molecule has 1 N–H and O–H groups in total. The fourth-order valence-electron chi connectivity index (χ4n) is 4.35. The number of morpholine rings is 1. The molecule has 0 atom stereocenters. The molecule has 2 aliphatic rings. The maximum atomic E-state index is 5.42. The molecule has 1 saturated carbocycles. The molecule has 152 valence electrons. The normalized spacial score (nSPS) is 17.4. The third-order valence-corrected chi connectivity index (χ3v) is 6.26. The molecule has 2 fully saturated rings. The topological polar surface area (TPSA) is 68.1 Å². The molecule has 4 heterocycles. The summed E-state index contributed by atoms with van der Waals surface area (Å²) in [4.78, 5) is 16.3. The van der Waals surface area contributed by atoms with Crippen molar-refractivity contribution in [2.75, 3.05) is 36.5 Å². The molecule has 0 radical (unpaired) electrons. The molecular weight excluding hydrogens is 376 g/mol. The molecule has 3 aromatic heterocycles. The van der Waals surface area contributed by atoms with E-state index in [-0.39, 0.29) is 0 Å². The zero-order valence-corrected chi connectivity index (χ0v) is 16.8. The number of pyridine rings is 1. The van der Waals surface area contributed by atoms with E-state index in [4.69, 9.17) is 9.72 Å². The molecule has 0 amide bonds. The zero-order chi connectivity index (χ0) is 19.9. The summed E-state index contributed by atoms with van der Waals surface area (Å²) in [6.45, 7) is 3.34. The zero-order valence-electron chi connectivity index (χ0n) is 16.8. The fraction of sp³-hybridized carbons (Fsp3) is 0.348. The van der Waals surface area contributed by atoms with Gasteiger partial charge in [0.1, 0.15) is 11.3 Å². The van der Waals surface area contributed by atoms with Gasteiger partial charge in [0.05, 0.1) is 30.6 Å². The molecular formula is C23H24N6O. The minimum Gasteiger partial charge on any atom is -0.378 e. The number of rotatable bonds is 4. The number of hydrogen-bond donors (Lipinski definition) is 1. The molecule has 1 aliphatic carbocycles. The monoisotopic (exact) mass is 400 g/mol. The van der Waals surface area contributed by atoms with Gasteiger partial charge in [-0.1, -0.05) is 12.1 Å². The SMILES string of the molecule is c1cc(Nc2ncc3ccc4ccn(C5CCC5)c4c3n2)ncc1N1CCOCC1. The lowest BCUT2D eigenvalue weighted by atomic mass is 9.93. The molecule has 7 heteroatoms. The van der Waals surface area contributed by atoms with Crippen molar-refractivity contribution in [1.29, 1.82) is 0 Å². The Kier molecular flexibility index (Phi) is 4.27. The number of anilines is 3. The Morgan fingerprint density at radius 2 is 1.80 bits per heavy atom. The summed E-state index contributed by atoms with van der Waals surface area (Å²) in [6.07, 6.45) is 9.79. The van der Waals surface area contributed by atoms with E-state index < -0.39 is 0 Å². The van der Waals surface area contributed by atoms with Crippen LogP contribution in [-0.2, 0) is 4.74 Å². The minimum atomic E-state index is 0.572. The van der Waals surface area contributed by atoms with Crippen molar-refractivity contribution in [1.82, 2.24) is 19.5 Å². The van der Waals surface area contributed by atoms with Crippen LogP contribution in [0.1, 0.15) is 25.3 Å². The standard InChI is InChI=1S/C23H24N6O/c1-2-18(3-1)29-9-8-16-4-5-17-14-25-23(27-21(17)22(16)29)26-20-7-6-19(15-24-20)28-10-12-30-13-11-28/h4-9,14-15,18H,1-3,10-13H2,(H,24,25,26,27). The van der Waals surface area contributed by atoms with Gasteiger partial charge in [-0.15, -0.1) is 0 Å². The summed E-state index contributed by atoms with van der Waals surface area (Å²) >= 11 is 0. The third-order valence-electron chi connectivity index (χ3n) is 6.26. The van der Waals surface area contributed by atoms with E-state index in [2.05, 4.69) is 55.2 Å². The van der Waals surface area contributed by atoms with Crippen LogP contribution in [0.3, 0.4) is 0 Å². The predicted molar refractivity (Wildman–Crippen MR) is 118 cm³/mol. The highest BCUT2D eigenvalue weighted by molar-refractivity contribution is 6.03. The van der Waals surface area contributed by atoms with Crippen LogP contribution < -0.4 is 10.2 Å². The average Bonchev–Trinajstić information content (AvgIpc) is 3.18. The first-order chi connectivity index (χ1) is 14.8. The number of ether oxygens (including phenoxy) is 1. The fourth-order valence-corrected chi connectivity index (χ4v) is 4.35. The van der Waals surface area contributed by atoms with Gasteiger partial charge in [0, 0.05) is 42.3 Å². The van der Waals surface area contributed by atoms with E-state index in [1.54, 1.807) is 0 Å². The first-order valence-electron chi connectivity index (χ1n) is 10.7. The van der Waals surface area contributed by atoms with Crippen LogP contribution in [0.5, 0.6) is 0 Å². The summed E-state index contributed by atoms with van der Waals surface area (Å²) in [5.41, 5.74) is 3.31. The summed E-state index contributed by atoms with van der Waals surface area (Å²) in [5, 5.41) is 5.56. The van der Waals surface area contributed by atoms with Crippen LogP contribution in [0.15, 0.2) is 48.9 Å². The Labute approximate surface area is 174 Å². The second kappa shape index (κ2) is 7.25. The van der Waals surface area contributed by atoms with E-state index in [0.29, 0.717) is 12.0 Å². The van der Waals surface area contributed by atoms with Crippen molar-refractivity contribution in [3.63, 3.8) is 0 Å². The second-order valence-corrected chi connectivity index (χ2v) is 8.07. The molecule has 0 spiro atoms. The quantitative estimate of drug-likeness (QED) is 0.551. The van der Waals surface area contributed by atoms with Crippen LogP contribution in [0.4, 0.5) is 17.5 Å². The Bertz CT molecular complexity index is 1190. The van der Waals surface area contributed by atoms with Gasteiger partial charge in [-0.2, -0.15) is 0 Å². The van der Waals surface area contributed by atoms with E-state index in [1.807, 2.05) is 18.5 Å². The molecule has 1 saturated heterocycles. The lowest BCUT2D eigenvalue weighted by Gasteiger charge is -2.28. The molecule has 30 heavy (non-hydrogen) atoms. The van der Waals surface area contributed by atoms with Gasteiger partial charge in [0.15, 0.2) is 0 Å². The van der Waals surface area contributed by atoms with Crippen LogP contribution in [0.2, 0.25) is 0 Å². The smallest absolute Gasteiger partial charge is 0.228 e. The maximum Gasteiger partial charge on any atom is 0.228 e. The van der Waals surface area contributed by atoms with E-state index in [0.717, 1.165) is 48.7 Å². The first kappa shape index (κ1) is 17.7. The number of aromatic nitrogens is 4. The van der Waals surface area contributed by atoms with Crippen LogP contribution in [0.25, 0.3) is 21.8 Å². The number of fused-ring (bicyclic) bond motifs is 3. The molecule has 7 nitrogen and oxygen atoms in total. The molecule has 6 rings (SSSR count). The lowest BCUT2D eigenvalue weighted by molar-refractivity contribution is 0.122. The largest absolute Gasteiger partial charge is 0.378 e.